The van der Waals surface area contributed by atoms with E-state index in [1.54, 1.807) is 29.3 Å². The second-order valence-corrected chi connectivity index (χ2v) is 7.14. The van der Waals surface area contributed by atoms with Crippen molar-refractivity contribution < 1.29 is 9.47 Å². The zero-order chi connectivity index (χ0) is 18.9. The highest BCUT2D eigenvalue weighted by Crippen LogP contribution is 2.24. The minimum atomic E-state index is 0.491. The number of nitrogens with zero attached hydrogens (tertiary/aromatic N) is 4. The molecule has 6 nitrogen and oxygen atoms in total. The van der Waals surface area contributed by atoms with Gasteiger partial charge >= 0.3 is 0 Å². The van der Waals surface area contributed by atoms with Crippen LogP contribution in [-0.4, -0.2) is 26.7 Å². The number of thiophene rings is 1. The molecule has 3 heterocycles. The lowest BCUT2D eigenvalue weighted by atomic mass is 10.1. The van der Waals surface area contributed by atoms with Gasteiger partial charge in [-0.25, -0.2) is 14.5 Å². The summed E-state index contributed by atoms with van der Waals surface area (Å²) in [5, 5.41) is 7.60. The normalized spacial score (nSPS) is 11.2. The third-order valence-electron chi connectivity index (χ3n) is 4.48. The van der Waals surface area contributed by atoms with E-state index < -0.39 is 0 Å². The second kappa shape index (κ2) is 6.94. The van der Waals surface area contributed by atoms with Gasteiger partial charge in [-0.2, -0.15) is 0 Å². The maximum atomic E-state index is 5.83. The zero-order valence-corrected chi connectivity index (χ0v) is 15.9. The number of hydrogen-bond donors (Lipinski definition) is 0. The average Bonchev–Trinajstić information content (AvgIpc) is 3.39. The number of fused-ring (bicyclic) bond motifs is 3. The lowest BCUT2D eigenvalue weighted by molar-refractivity contribution is 0.305. The fraction of sp³-hybridized carbons (Fsp3) is 0.0952. The van der Waals surface area contributed by atoms with Crippen LogP contribution in [0.25, 0.3) is 27.3 Å². The van der Waals surface area contributed by atoms with Crippen LogP contribution >= 0.6 is 11.3 Å². The fourth-order valence-electron chi connectivity index (χ4n) is 2.98. The highest BCUT2D eigenvalue weighted by Gasteiger charge is 2.10. The van der Waals surface area contributed by atoms with Gasteiger partial charge in [-0.3, -0.25) is 0 Å². The van der Waals surface area contributed by atoms with E-state index in [1.165, 1.54) is 0 Å². The molecule has 0 amide bonds. The second-order valence-electron chi connectivity index (χ2n) is 6.25. The quantitative estimate of drug-likeness (QED) is 0.441. The first-order valence-corrected chi connectivity index (χ1v) is 9.63. The predicted molar refractivity (Wildman–Crippen MR) is 109 cm³/mol. The van der Waals surface area contributed by atoms with E-state index >= 15 is 0 Å². The molecule has 0 aliphatic heterocycles. The Morgan fingerprint density at radius 3 is 2.54 bits per heavy atom. The first-order chi connectivity index (χ1) is 13.8. The summed E-state index contributed by atoms with van der Waals surface area (Å²) in [7, 11) is 1.65. The minimum Gasteiger partial charge on any atom is -0.497 e. The van der Waals surface area contributed by atoms with Crippen molar-refractivity contribution in [1.82, 2.24) is 19.6 Å². The molecule has 0 bridgehead atoms. The zero-order valence-electron chi connectivity index (χ0n) is 15.1. The molecule has 0 spiro atoms. The molecule has 5 rings (SSSR count). The lowest BCUT2D eigenvalue weighted by Crippen LogP contribution is -1.95. The molecular formula is C21H16N4O2S. The molecule has 7 heteroatoms. The molecule has 0 saturated carbocycles. The predicted octanol–water partition coefficient (Wildman–Crippen LogP) is 4.59. The molecular weight excluding hydrogens is 372 g/mol. The largest absolute Gasteiger partial charge is 0.497 e. The Balaban J connectivity index is 1.35. The van der Waals surface area contributed by atoms with Crippen LogP contribution in [0.1, 0.15) is 5.56 Å². The number of ether oxygens (including phenoxy) is 2. The number of benzene rings is 2. The molecule has 0 radical (unpaired) electrons. The van der Waals surface area contributed by atoms with Crippen molar-refractivity contribution in [3.05, 3.63) is 71.9 Å². The van der Waals surface area contributed by atoms with Crippen LogP contribution in [0, 0.1) is 0 Å². The van der Waals surface area contributed by atoms with Crippen molar-refractivity contribution in [2.24, 2.45) is 0 Å². The Labute approximate surface area is 165 Å². The van der Waals surface area contributed by atoms with Gasteiger partial charge in [0.25, 0.3) is 0 Å². The molecule has 0 saturated heterocycles. The van der Waals surface area contributed by atoms with E-state index in [1.807, 2.05) is 60.0 Å². The molecule has 0 fully saturated rings. The molecule has 138 valence electrons. The molecule has 0 aliphatic rings. The standard InChI is InChI=1S/C21H16N4O2S/c1-26-16-6-8-17(9-7-16)27-12-14-2-4-15(5-3-14)19-23-20-18-10-11-28-21(18)22-13-25(20)24-19/h2-11,13H,12H2,1H3. The van der Waals surface area contributed by atoms with Gasteiger partial charge in [0.15, 0.2) is 11.5 Å². The SMILES string of the molecule is COc1ccc(OCc2ccc(-c3nc4c5ccsc5ncn4n3)cc2)cc1. The van der Waals surface area contributed by atoms with Crippen LogP contribution in [0.4, 0.5) is 0 Å². The fourth-order valence-corrected chi connectivity index (χ4v) is 3.70. The Bertz CT molecular complexity index is 1240. The molecule has 28 heavy (non-hydrogen) atoms. The van der Waals surface area contributed by atoms with E-state index in [9.17, 15) is 0 Å². The topological polar surface area (TPSA) is 61.5 Å². The summed E-state index contributed by atoms with van der Waals surface area (Å²) < 4.78 is 12.7. The van der Waals surface area contributed by atoms with E-state index in [-0.39, 0.29) is 0 Å². The van der Waals surface area contributed by atoms with Gasteiger partial charge in [-0.1, -0.05) is 24.3 Å². The van der Waals surface area contributed by atoms with Gasteiger partial charge in [0.1, 0.15) is 29.3 Å². The molecule has 0 atom stereocenters. The molecule has 5 aromatic rings. The summed E-state index contributed by atoms with van der Waals surface area (Å²) in [4.78, 5) is 10.1. The van der Waals surface area contributed by atoms with E-state index in [0.29, 0.717) is 12.4 Å². The van der Waals surface area contributed by atoms with E-state index in [2.05, 4.69) is 10.1 Å². The van der Waals surface area contributed by atoms with Gasteiger partial charge in [0.2, 0.25) is 0 Å². The van der Waals surface area contributed by atoms with Gasteiger partial charge in [0.05, 0.1) is 12.5 Å². The Morgan fingerprint density at radius 2 is 1.75 bits per heavy atom. The van der Waals surface area contributed by atoms with E-state index in [4.69, 9.17) is 14.5 Å². The number of methoxy groups -OCH3 is 1. The van der Waals surface area contributed by atoms with Crippen molar-refractivity contribution in [2.45, 2.75) is 6.61 Å². The molecule has 0 unspecified atom stereocenters. The Kier molecular flexibility index (Phi) is 4.14. The third kappa shape index (κ3) is 3.05. The van der Waals surface area contributed by atoms with Crippen molar-refractivity contribution in [3.63, 3.8) is 0 Å². The highest BCUT2D eigenvalue weighted by molar-refractivity contribution is 7.16. The Hall–Kier alpha value is -3.45. The minimum absolute atomic E-state index is 0.491. The van der Waals surface area contributed by atoms with Gasteiger partial charge in [0, 0.05) is 5.56 Å². The van der Waals surface area contributed by atoms with Gasteiger partial charge in [-0.05, 0) is 41.3 Å². The van der Waals surface area contributed by atoms with Gasteiger partial charge < -0.3 is 9.47 Å². The van der Waals surface area contributed by atoms with Gasteiger partial charge in [-0.15, -0.1) is 16.4 Å². The monoisotopic (exact) mass is 388 g/mol. The van der Waals surface area contributed by atoms with E-state index in [0.717, 1.165) is 38.5 Å². The summed E-state index contributed by atoms with van der Waals surface area (Å²) in [6.07, 6.45) is 1.71. The average molecular weight is 388 g/mol. The Morgan fingerprint density at radius 1 is 0.964 bits per heavy atom. The third-order valence-corrected chi connectivity index (χ3v) is 5.30. The number of rotatable bonds is 5. The molecule has 2 aromatic carbocycles. The first-order valence-electron chi connectivity index (χ1n) is 8.75. The van der Waals surface area contributed by atoms with Crippen LogP contribution in [0.2, 0.25) is 0 Å². The van der Waals surface area contributed by atoms with Crippen molar-refractivity contribution in [2.75, 3.05) is 7.11 Å². The molecule has 3 aromatic heterocycles. The van der Waals surface area contributed by atoms with Crippen molar-refractivity contribution in [3.8, 4) is 22.9 Å². The summed E-state index contributed by atoms with van der Waals surface area (Å²) in [5.74, 6) is 2.30. The number of aromatic nitrogens is 4. The summed E-state index contributed by atoms with van der Waals surface area (Å²) >= 11 is 1.60. The first kappa shape index (κ1) is 16.7. The molecule has 0 N–H and O–H groups in total. The highest BCUT2D eigenvalue weighted by atomic mass is 32.1. The van der Waals surface area contributed by atoms with Crippen molar-refractivity contribution >= 4 is 27.2 Å². The summed E-state index contributed by atoms with van der Waals surface area (Å²) in [6, 6.07) is 17.7. The van der Waals surface area contributed by atoms with Crippen LogP contribution < -0.4 is 9.47 Å². The number of hydrogen-bond acceptors (Lipinski definition) is 6. The smallest absolute Gasteiger partial charge is 0.182 e. The molecule has 0 aliphatic carbocycles. The van der Waals surface area contributed by atoms with Crippen LogP contribution in [0.15, 0.2) is 66.3 Å². The summed E-state index contributed by atoms with van der Waals surface area (Å²) in [5.41, 5.74) is 2.86. The van der Waals surface area contributed by atoms with Crippen LogP contribution in [-0.2, 0) is 6.61 Å². The maximum absolute atomic E-state index is 5.83. The van der Waals surface area contributed by atoms with Crippen LogP contribution in [0.5, 0.6) is 11.5 Å². The summed E-state index contributed by atoms with van der Waals surface area (Å²) in [6.45, 7) is 0.491. The lowest BCUT2D eigenvalue weighted by Gasteiger charge is -2.07. The van der Waals surface area contributed by atoms with Crippen molar-refractivity contribution in [1.29, 1.82) is 0 Å². The maximum Gasteiger partial charge on any atom is 0.182 e. The van der Waals surface area contributed by atoms with Crippen LogP contribution in [0.3, 0.4) is 0 Å².